The van der Waals surface area contributed by atoms with Gasteiger partial charge in [0.2, 0.25) is 0 Å². The Balaban J connectivity index is 2.09. The van der Waals surface area contributed by atoms with Crippen LogP contribution < -0.4 is 15.6 Å². The molecule has 2 aromatic heterocycles. The van der Waals surface area contributed by atoms with E-state index in [0.717, 1.165) is 9.30 Å². The molecule has 2 rings (SSSR count). The Morgan fingerprint density at radius 1 is 1.50 bits per heavy atom. The van der Waals surface area contributed by atoms with E-state index in [1.165, 1.54) is 12.4 Å². The third kappa shape index (κ3) is 3.73. The number of rotatable bonds is 6. The van der Waals surface area contributed by atoms with Crippen LogP contribution in [-0.4, -0.2) is 27.2 Å². The lowest BCUT2D eigenvalue weighted by molar-refractivity contribution is -0.613. The lowest BCUT2D eigenvalue weighted by Crippen LogP contribution is -2.33. The number of carboxylic acid groups (broad SMARTS) is 1. The first kappa shape index (κ1) is 15.8. The first-order valence-corrected chi connectivity index (χ1v) is 6.75. The van der Waals surface area contributed by atoms with Gasteiger partial charge in [-0.1, -0.05) is 17.7 Å². The fraction of sp³-hybridized carbons (Fsp3) is 0.231. The maximum atomic E-state index is 12.1. The Bertz CT molecular complexity index is 747. The molecule has 22 heavy (non-hydrogen) atoms. The van der Waals surface area contributed by atoms with Crippen LogP contribution in [0.2, 0.25) is 5.15 Å². The average molecular weight is 325 g/mol. The molecule has 2 aromatic rings. The second-order valence-electron chi connectivity index (χ2n) is 4.41. The highest BCUT2D eigenvalue weighted by Gasteiger charge is 2.12. The van der Waals surface area contributed by atoms with E-state index in [-0.39, 0.29) is 11.0 Å². The van der Waals surface area contributed by atoms with E-state index in [1.54, 1.807) is 18.2 Å². The Morgan fingerprint density at radius 3 is 2.95 bits per heavy atom. The van der Waals surface area contributed by atoms with Crippen LogP contribution >= 0.6 is 11.6 Å². The number of hydrogen-bond donors (Lipinski definition) is 2. The molecule has 0 saturated carbocycles. The van der Waals surface area contributed by atoms with Crippen molar-refractivity contribution in [1.29, 1.82) is 0 Å². The number of hydrogen-bond acceptors (Lipinski definition) is 5. The lowest BCUT2D eigenvalue weighted by Gasteiger charge is -2.09. The van der Waals surface area contributed by atoms with Crippen molar-refractivity contribution in [1.82, 2.24) is 9.55 Å². The molecule has 0 aliphatic carbocycles. The van der Waals surface area contributed by atoms with Crippen molar-refractivity contribution in [3.8, 4) is 0 Å². The van der Waals surface area contributed by atoms with Crippen LogP contribution in [0, 0.1) is 5.21 Å². The van der Waals surface area contributed by atoms with Gasteiger partial charge in [-0.05, 0) is 0 Å². The summed E-state index contributed by atoms with van der Waals surface area (Å²) in [7, 11) is 0. The van der Waals surface area contributed by atoms with Crippen molar-refractivity contribution in [2.24, 2.45) is 0 Å². The molecule has 0 amide bonds. The summed E-state index contributed by atoms with van der Waals surface area (Å²) in [6.45, 7) is -0.253. The Hall–Kier alpha value is -2.61. The number of nitrogens with one attached hydrogen (secondary N) is 1. The number of nitrogens with zero attached hydrogens (tertiary/aromatic N) is 3. The molecule has 0 radical (unpaired) electrons. The first-order valence-electron chi connectivity index (χ1n) is 6.37. The summed E-state index contributed by atoms with van der Waals surface area (Å²) in [5.74, 6) is -1.20. The number of pyridine rings is 1. The molecule has 116 valence electrons. The van der Waals surface area contributed by atoms with E-state index in [0.29, 0.717) is 18.7 Å². The summed E-state index contributed by atoms with van der Waals surface area (Å²) in [5.41, 5.74) is -0.0900. The second kappa shape index (κ2) is 6.90. The summed E-state index contributed by atoms with van der Waals surface area (Å²) in [4.78, 5) is 26.6. The molecule has 8 nitrogen and oxygen atoms in total. The van der Waals surface area contributed by atoms with Crippen LogP contribution in [0.4, 0.5) is 5.82 Å². The summed E-state index contributed by atoms with van der Waals surface area (Å²) in [5, 5.41) is 23.0. The number of carboxylic acids is 1. The zero-order valence-electron chi connectivity index (χ0n) is 11.4. The molecule has 2 heterocycles. The van der Waals surface area contributed by atoms with Crippen molar-refractivity contribution < 1.29 is 14.6 Å². The van der Waals surface area contributed by atoms with Crippen molar-refractivity contribution in [3.63, 3.8) is 0 Å². The quantitative estimate of drug-likeness (QED) is 0.583. The van der Waals surface area contributed by atoms with Crippen molar-refractivity contribution in [2.45, 2.75) is 13.0 Å². The number of halogens is 1. The van der Waals surface area contributed by atoms with Gasteiger partial charge in [-0.25, -0.2) is 4.98 Å². The predicted molar refractivity (Wildman–Crippen MR) is 78.7 cm³/mol. The van der Waals surface area contributed by atoms with Crippen LogP contribution in [0.3, 0.4) is 0 Å². The predicted octanol–water partition coefficient (Wildman–Crippen LogP) is 0.269. The highest BCUT2D eigenvalue weighted by Crippen LogP contribution is 2.06. The molecule has 0 unspecified atom stereocenters. The number of aromatic nitrogens is 3. The van der Waals surface area contributed by atoms with E-state index in [1.807, 2.05) is 0 Å². The maximum Gasteiger partial charge on any atom is 0.323 e. The third-order valence-electron chi connectivity index (χ3n) is 2.88. The van der Waals surface area contributed by atoms with Crippen LogP contribution in [-0.2, 0) is 17.8 Å². The minimum atomic E-state index is -1.18. The highest BCUT2D eigenvalue weighted by molar-refractivity contribution is 6.29. The van der Waals surface area contributed by atoms with Gasteiger partial charge in [-0.3, -0.25) is 14.2 Å². The number of aliphatic carboxylic acids is 1. The second-order valence-corrected chi connectivity index (χ2v) is 4.80. The van der Waals surface area contributed by atoms with Gasteiger partial charge in [0.25, 0.3) is 5.56 Å². The molecule has 0 bridgehead atoms. The van der Waals surface area contributed by atoms with Gasteiger partial charge in [-0.2, -0.15) is 4.73 Å². The van der Waals surface area contributed by atoms with Crippen LogP contribution in [0.25, 0.3) is 0 Å². The Morgan fingerprint density at radius 2 is 2.27 bits per heavy atom. The SMILES string of the molecule is O=C(O)Cn1c(Cl)cnc(NCCc2cccc[n+]2[O-])c1=O. The van der Waals surface area contributed by atoms with Crippen LogP contribution in [0.5, 0.6) is 0 Å². The normalized spacial score (nSPS) is 10.4. The monoisotopic (exact) mass is 324 g/mol. The van der Waals surface area contributed by atoms with Gasteiger partial charge < -0.3 is 15.6 Å². The zero-order chi connectivity index (χ0) is 16.1. The molecule has 0 saturated heterocycles. The van der Waals surface area contributed by atoms with Gasteiger partial charge in [0.15, 0.2) is 17.7 Å². The maximum absolute atomic E-state index is 12.1. The minimum Gasteiger partial charge on any atom is -0.619 e. The summed E-state index contributed by atoms with van der Waals surface area (Å²) >= 11 is 5.76. The molecule has 9 heteroatoms. The molecule has 0 aromatic carbocycles. The van der Waals surface area contributed by atoms with Crippen molar-refractivity contribution in [3.05, 3.63) is 57.0 Å². The first-order chi connectivity index (χ1) is 10.5. The molecule has 0 spiro atoms. The molecule has 0 atom stereocenters. The number of anilines is 1. The Kier molecular flexibility index (Phi) is 4.95. The van der Waals surface area contributed by atoms with E-state index in [4.69, 9.17) is 16.7 Å². The summed E-state index contributed by atoms with van der Waals surface area (Å²) < 4.78 is 1.63. The minimum absolute atomic E-state index is 0.0148. The van der Waals surface area contributed by atoms with E-state index in [2.05, 4.69) is 10.3 Å². The van der Waals surface area contributed by atoms with Crippen molar-refractivity contribution >= 4 is 23.4 Å². The smallest absolute Gasteiger partial charge is 0.323 e. The highest BCUT2D eigenvalue weighted by atomic mass is 35.5. The largest absolute Gasteiger partial charge is 0.619 e. The fourth-order valence-corrected chi connectivity index (χ4v) is 2.02. The molecule has 0 fully saturated rings. The Labute approximate surface area is 130 Å². The van der Waals surface area contributed by atoms with Gasteiger partial charge >= 0.3 is 5.97 Å². The molecule has 0 aliphatic heterocycles. The molecule has 2 N–H and O–H groups in total. The molecule has 0 aliphatic rings. The third-order valence-corrected chi connectivity index (χ3v) is 3.18. The standard InChI is InChI=1S/C13H13ClN4O4/c14-10-7-16-12(13(21)17(10)8-11(19)20)15-5-4-9-3-1-2-6-18(9)22/h1-3,6-7H,4-5,8H2,(H,15,16)(H,19,20). The molecular formula is C13H13ClN4O4. The summed E-state index contributed by atoms with van der Waals surface area (Å²) in [6, 6.07) is 5.03. The summed E-state index contributed by atoms with van der Waals surface area (Å²) in [6.07, 6.45) is 2.97. The van der Waals surface area contributed by atoms with Crippen LogP contribution in [0.1, 0.15) is 5.69 Å². The van der Waals surface area contributed by atoms with E-state index in [9.17, 15) is 14.8 Å². The average Bonchev–Trinajstić information content (AvgIpc) is 2.47. The molecular weight excluding hydrogens is 312 g/mol. The van der Waals surface area contributed by atoms with E-state index >= 15 is 0 Å². The van der Waals surface area contributed by atoms with Crippen LogP contribution in [0.15, 0.2) is 35.4 Å². The van der Waals surface area contributed by atoms with Crippen molar-refractivity contribution in [2.75, 3.05) is 11.9 Å². The van der Waals surface area contributed by atoms with Gasteiger partial charge in [-0.15, -0.1) is 0 Å². The topological polar surface area (TPSA) is 111 Å². The fourth-order valence-electron chi connectivity index (χ4n) is 1.84. The van der Waals surface area contributed by atoms with Gasteiger partial charge in [0.1, 0.15) is 11.7 Å². The van der Waals surface area contributed by atoms with Gasteiger partial charge in [0.05, 0.1) is 12.6 Å². The van der Waals surface area contributed by atoms with Gasteiger partial charge in [0, 0.05) is 18.7 Å². The zero-order valence-corrected chi connectivity index (χ0v) is 12.2. The number of carbonyl (C=O) groups is 1. The lowest BCUT2D eigenvalue weighted by atomic mass is 10.3. The van der Waals surface area contributed by atoms with E-state index < -0.39 is 18.1 Å².